The van der Waals surface area contributed by atoms with Gasteiger partial charge in [0, 0.05) is 17.0 Å². The van der Waals surface area contributed by atoms with E-state index in [-0.39, 0.29) is 5.97 Å². The molecule has 108 valence electrons. The van der Waals surface area contributed by atoms with Crippen LogP contribution in [0.1, 0.15) is 24.2 Å². The molecule has 0 radical (unpaired) electrons. The molecule has 0 N–H and O–H groups in total. The van der Waals surface area contributed by atoms with Crippen LogP contribution in [-0.4, -0.2) is 5.97 Å². The average molecular weight is 321 g/mol. The summed E-state index contributed by atoms with van der Waals surface area (Å²) < 4.78 is 5.33. The molecular weight excluding hydrogens is 307 g/mol. The van der Waals surface area contributed by atoms with E-state index in [0.29, 0.717) is 10.0 Å². The van der Waals surface area contributed by atoms with Crippen LogP contribution >= 0.6 is 23.2 Å². The van der Waals surface area contributed by atoms with Gasteiger partial charge in [-0.15, -0.1) is 0 Å². The first kappa shape index (κ1) is 15.6. The van der Waals surface area contributed by atoms with E-state index in [1.165, 1.54) is 6.92 Å². The van der Waals surface area contributed by atoms with Gasteiger partial charge < -0.3 is 4.74 Å². The molecule has 0 heterocycles. The van der Waals surface area contributed by atoms with Gasteiger partial charge in [0.1, 0.15) is 6.10 Å². The maximum Gasteiger partial charge on any atom is 0.303 e. The predicted octanol–water partition coefficient (Wildman–Crippen LogP) is 5.31. The molecule has 0 aromatic heterocycles. The molecule has 0 spiro atoms. The topological polar surface area (TPSA) is 26.3 Å². The van der Waals surface area contributed by atoms with Gasteiger partial charge in [0.25, 0.3) is 0 Å². The molecule has 21 heavy (non-hydrogen) atoms. The van der Waals surface area contributed by atoms with Crippen molar-refractivity contribution in [2.45, 2.75) is 13.0 Å². The van der Waals surface area contributed by atoms with Crippen molar-refractivity contribution in [3.63, 3.8) is 0 Å². The van der Waals surface area contributed by atoms with Crippen LogP contribution in [0.4, 0.5) is 0 Å². The van der Waals surface area contributed by atoms with Crippen molar-refractivity contribution in [1.82, 2.24) is 0 Å². The second-order valence-corrected chi connectivity index (χ2v) is 5.37. The van der Waals surface area contributed by atoms with Gasteiger partial charge in [0.2, 0.25) is 0 Å². The van der Waals surface area contributed by atoms with E-state index in [4.69, 9.17) is 27.9 Å². The molecule has 0 fully saturated rings. The second kappa shape index (κ2) is 7.30. The smallest absolute Gasteiger partial charge is 0.303 e. The van der Waals surface area contributed by atoms with Gasteiger partial charge in [-0.25, -0.2) is 0 Å². The zero-order valence-electron chi connectivity index (χ0n) is 11.4. The fourth-order valence-electron chi connectivity index (χ4n) is 1.82. The molecule has 0 amide bonds. The Bertz CT molecular complexity index is 631. The fourth-order valence-corrected chi connectivity index (χ4v) is 2.07. The summed E-state index contributed by atoms with van der Waals surface area (Å²) in [4.78, 5) is 11.3. The third-order valence-corrected chi connectivity index (χ3v) is 3.33. The highest BCUT2D eigenvalue weighted by Gasteiger charge is 2.11. The Kier molecular flexibility index (Phi) is 5.43. The highest BCUT2D eigenvalue weighted by Crippen LogP contribution is 2.22. The van der Waals surface area contributed by atoms with E-state index in [1.807, 2.05) is 48.6 Å². The lowest BCUT2D eigenvalue weighted by molar-refractivity contribution is -0.144. The summed E-state index contributed by atoms with van der Waals surface area (Å²) >= 11 is 11.7. The van der Waals surface area contributed by atoms with Crippen LogP contribution in [0.25, 0.3) is 6.08 Å². The van der Waals surface area contributed by atoms with Crippen LogP contribution in [0.3, 0.4) is 0 Å². The molecule has 0 saturated carbocycles. The molecule has 2 rings (SSSR count). The first-order valence-electron chi connectivity index (χ1n) is 6.41. The van der Waals surface area contributed by atoms with Crippen LogP contribution < -0.4 is 0 Å². The van der Waals surface area contributed by atoms with Crippen molar-refractivity contribution in [3.05, 3.63) is 75.8 Å². The predicted molar refractivity (Wildman–Crippen MR) is 86.4 cm³/mol. The summed E-state index contributed by atoms with van der Waals surface area (Å²) in [7, 11) is 0. The molecular formula is C17H14Cl2O2. The standard InChI is InChI=1S/C17H14Cl2O2/c1-12(20)21-17(14-5-9-16(19)10-6-14)11-4-13-2-7-15(18)8-3-13/h2-11,17H,1H3/b11-4+/t17-/m0/s1. The van der Waals surface area contributed by atoms with Crippen molar-refractivity contribution >= 4 is 35.2 Å². The van der Waals surface area contributed by atoms with Crippen molar-refractivity contribution in [2.75, 3.05) is 0 Å². The number of esters is 1. The molecule has 0 unspecified atom stereocenters. The first-order chi connectivity index (χ1) is 10.0. The maximum absolute atomic E-state index is 11.3. The third-order valence-electron chi connectivity index (χ3n) is 2.82. The SMILES string of the molecule is CC(=O)O[C@@H](/C=C/c1ccc(Cl)cc1)c1ccc(Cl)cc1. The van der Waals surface area contributed by atoms with Gasteiger partial charge in [0.15, 0.2) is 0 Å². The van der Waals surface area contributed by atoms with E-state index in [2.05, 4.69) is 0 Å². The van der Waals surface area contributed by atoms with Gasteiger partial charge in [-0.1, -0.05) is 53.5 Å². The number of ether oxygens (including phenoxy) is 1. The van der Waals surface area contributed by atoms with E-state index >= 15 is 0 Å². The van der Waals surface area contributed by atoms with Gasteiger partial charge in [-0.3, -0.25) is 4.79 Å². The zero-order valence-corrected chi connectivity index (χ0v) is 12.9. The molecule has 0 aliphatic rings. The average Bonchev–Trinajstić information content (AvgIpc) is 2.46. The van der Waals surface area contributed by atoms with E-state index in [1.54, 1.807) is 12.1 Å². The number of hydrogen-bond donors (Lipinski definition) is 0. The highest BCUT2D eigenvalue weighted by atomic mass is 35.5. The minimum Gasteiger partial charge on any atom is -0.453 e. The largest absolute Gasteiger partial charge is 0.453 e. The quantitative estimate of drug-likeness (QED) is 0.713. The lowest BCUT2D eigenvalue weighted by Gasteiger charge is -2.13. The monoisotopic (exact) mass is 320 g/mol. The van der Waals surface area contributed by atoms with Crippen LogP contribution in [0, 0.1) is 0 Å². The number of benzene rings is 2. The summed E-state index contributed by atoms with van der Waals surface area (Å²) in [6.45, 7) is 1.39. The molecule has 2 nitrogen and oxygen atoms in total. The van der Waals surface area contributed by atoms with E-state index in [9.17, 15) is 4.79 Å². The van der Waals surface area contributed by atoms with Crippen molar-refractivity contribution < 1.29 is 9.53 Å². The van der Waals surface area contributed by atoms with Crippen LogP contribution in [-0.2, 0) is 9.53 Å². The first-order valence-corrected chi connectivity index (χ1v) is 7.16. The van der Waals surface area contributed by atoms with E-state index in [0.717, 1.165) is 11.1 Å². The summed E-state index contributed by atoms with van der Waals surface area (Å²) in [5.74, 6) is -0.337. The Morgan fingerprint density at radius 1 is 1.00 bits per heavy atom. The molecule has 2 aromatic carbocycles. The Hall–Kier alpha value is -1.77. The van der Waals surface area contributed by atoms with Crippen LogP contribution in [0.2, 0.25) is 10.0 Å². The maximum atomic E-state index is 11.3. The van der Waals surface area contributed by atoms with Crippen molar-refractivity contribution in [2.24, 2.45) is 0 Å². The normalized spacial score (nSPS) is 12.3. The van der Waals surface area contributed by atoms with Gasteiger partial charge >= 0.3 is 5.97 Å². The van der Waals surface area contributed by atoms with Crippen molar-refractivity contribution in [1.29, 1.82) is 0 Å². The molecule has 2 aromatic rings. The second-order valence-electron chi connectivity index (χ2n) is 4.49. The molecule has 1 atom stereocenters. The molecule has 0 aliphatic carbocycles. The molecule has 4 heteroatoms. The Morgan fingerprint density at radius 3 is 2.05 bits per heavy atom. The molecule has 0 saturated heterocycles. The Morgan fingerprint density at radius 2 is 1.52 bits per heavy atom. The molecule has 0 bridgehead atoms. The van der Waals surface area contributed by atoms with E-state index < -0.39 is 6.10 Å². The van der Waals surface area contributed by atoms with Crippen LogP contribution in [0.15, 0.2) is 54.6 Å². The van der Waals surface area contributed by atoms with Crippen LogP contribution in [0.5, 0.6) is 0 Å². The highest BCUT2D eigenvalue weighted by molar-refractivity contribution is 6.30. The number of carbonyl (C=O) groups excluding carboxylic acids is 1. The minimum absolute atomic E-state index is 0.337. The number of rotatable bonds is 4. The van der Waals surface area contributed by atoms with Gasteiger partial charge in [0.05, 0.1) is 0 Å². The van der Waals surface area contributed by atoms with Crippen molar-refractivity contribution in [3.8, 4) is 0 Å². The molecule has 0 aliphatic heterocycles. The number of hydrogen-bond acceptors (Lipinski definition) is 2. The summed E-state index contributed by atoms with van der Waals surface area (Å²) in [6.07, 6.45) is 3.27. The Labute approximate surface area is 134 Å². The lowest BCUT2D eigenvalue weighted by atomic mass is 10.1. The third kappa shape index (κ3) is 4.92. The van der Waals surface area contributed by atoms with Gasteiger partial charge in [-0.2, -0.15) is 0 Å². The minimum atomic E-state index is -0.449. The van der Waals surface area contributed by atoms with Gasteiger partial charge in [-0.05, 0) is 41.5 Å². The summed E-state index contributed by atoms with van der Waals surface area (Å²) in [5, 5.41) is 1.32. The number of halogens is 2. The summed E-state index contributed by atoms with van der Waals surface area (Å²) in [6, 6.07) is 14.6. The number of carbonyl (C=O) groups is 1. The zero-order chi connectivity index (χ0) is 15.2. The fraction of sp³-hybridized carbons (Fsp3) is 0.118. The Balaban J connectivity index is 2.21. The lowest BCUT2D eigenvalue weighted by Crippen LogP contribution is -2.05. The summed E-state index contributed by atoms with van der Waals surface area (Å²) in [5.41, 5.74) is 1.84.